The molecule has 1 heterocycles. The number of hydrogen-bond donors (Lipinski definition) is 1. The maximum atomic E-state index is 12.0. The molecule has 7 heteroatoms. The summed E-state index contributed by atoms with van der Waals surface area (Å²) >= 11 is 0. The Kier molecular flexibility index (Phi) is 3.84. The van der Waals surface area contributed by atoms with Gasteiger partial charge in [-0.15, -0.1) is 0 Å². The fourth-order valence-electron chi connectivity index (χ4n) is 1.82. The van der Waals surface area contributed by atoms with Crippen LogP contribution in [-0.4, -0.2) is 15.4 Å². The molecule has 2 aromatic rings. The van der Waals surface area contributed by atoms with E-state index in [1.807, 2.05) is 0 Å². The molecule has 0 saturated heterocycles. The Morgan fingerprint density at radius 2 is 2.00 bits per heavy atom. The molecule has 0 aliphatic carbocycles. The van der Waals surface area contributed by atoms with Gasteiger partial charge < -0.3 is 9.88 Å². The molecule has 0 spiro atoms. The van der Waals surface area contributed by atoms with Crippen LogP contribution in [0.25, 0.3) is 0 Å². The number of benzene rings is 1. The molecule has 0 fully saturated rings. The van der Waals surface area contributed by atoms with Gasteiger partial charge in [-0.25, -0.2) is 0 Å². The Bertz CT molecular complexity index is 780. The number of amides is 1. The molecule has 21 heavy (non-hydrogen) atoms. The van der Waals surface area contributed by atoms with Crippen molar-refractivity contribution >= 4 is 17.3 Å². The summed E-state index contributed by atoms with van der Waals surface area (Å²) in [6.45, 7) is 1.62. The Labute approximate surface area is 120 Å². The first kappa shape index (κ1) is 14.4. The van der Waals surface area contributed by atoms with Gasteiger partial charge in [0.15, 0.2) is 0 Å². The molecule has 0 radical (unpaired) electrons. The topological polar surface area (TPSA) is 94.2 Å². The van der Waals surface area contributed by atoms with Gasteiger partial charge in [0.2, 0.25) is 5.56 Å². The van der Waals surface area contributed by atoms with Gasteiger partial charge in [-0.2, -0.15) is 0 Å². The van der Waals surface area contributed by atoms with Crippen LogP contribution < -0.4 is 10.9 Å². The molecule has 1 aromatic carbocycles. The summed E-state index contributed by atoms with van der Waals surface area (Å²) in [4.78, 5) is 33.7. The number of aryl methyl sites for hydroxylation is 2. The third-order valence-corrected chi connectivity index (χ3v) is 3.01. The first-order valence-electron chi connectivity index (χ1n) is 6.11. The molecular formula is C14H13N3O4. The molecule has 1 aromatic heterocycles. The van der Waals surface area contributed by atoms with Gasteiger partial charge >= 0.3 is 0 Å². The standard InChI is InChI=1S/C14H13N3O4/c1-9-3-5-11(7-12(9)17(20)21)15-14(19)10-4-6-13(18)16(2)8-10/h3-8H,1-2H3,(H,15,19). The highest BCUT2D eigenvalue weighted by molar-refractivity contribution is 6.04. The van der Waals surface area contributed by atoms with Crippen LogP contribution in [-0.2, 0) is 7.05 Å². The van der Waals surface area contributed by atoms with Gasteiger partial charge in [0.05, 0.1) is 10.5 Å². The molecule has 108 valence electrons. The molecule has 0 atom stereocenters. The van der Waals surface area contributed by atoms with E-state index in [9.17, 15) is 19.7 Å². The van der Waals surface area contributed by atoms with Crippen LogP contribution in [0.4, 0.5) is 11.4 Å². The summed E-state index contributed by atoms with van der Waals surface area (Å²) < 4.78 is 1.28. The average Bonchev–Trinajstić information content (AvgIpc) is 2.43. The fraction of sp³-hybridized carbons (Fsp3) is 0.143. The molecule has 7 nitrogen and oxygen atoms in total. The monoisotopic (exact) mass is 287 g/mol. The van der Waals surface area contributed by atoms with Crippen LogP contribution in [0.2, 0.25) is 0 Å². The molecular weight excluding hydrogens is 274 g/mol. The van der Waals surface area contributed by atoms with Crippen molar-refractivity contribution in [3.8, 4) is 0 Å². The lowest BCUT2D eigenvalue weighted by Crippen LogP contribution is -2.19. The van der Waals surface area contributed by atoms with Crippen LogP contribution in [0.1, 0.15) is 15.9 Å². The van der Waals surface area contributed by atoms with Gasteiger partial charge in [-0.05, 0) is 19.1 Å². The minimum atomic E-state index is -0.503. The second-order valence-corrected chi connectivity index (χ2v) is 4.58. The Morgan fingerprint density at radius 1 is 1.29 bits per heavy atom. The van der Waals surface area contributed by atoms with Gasteiger partial charge in [0.25, 0.3) is 11.6 Å². The van der Waals surface area contributed by atoms with E-state index < -0.39 is 10.8 Å². The lowest BCUT2D eigenvalue weighted by molar-refractivity contribution is -0.385. The molecule has 2 rings (SSSR count). The molecule has 0 saturated carbocycles. The van der Waals surface area contributed by atoms with E-state index >= 15 is 0 Å². The maximum Gasteiger partial charge on any atom is 0.274 e. The fourth-order valence-corrected chi connectivity index (χ4v) is 1.82. The summed E-state index contributed by atoms with van der Waals surface area (Å²) in [7, 11) is 1.54. The van der Waals surface area contributed by atoms with E-state index in [-0.39, 0.29) is 11.2 Å². The lowest BCUT2D eigenvalue weighted by atomic mass is 10.1. The van der Waals surface area contributed by atoms with Gasteiger partial charge in [-0.1, -0.05) is 6.07 Å². The summed E-state index contributed by atoms with van der Waals surface area (Å²) in [6, 6.07) is 7.14. The summed E-state index contributed by atoms with van der Waals surface area (Å²) in [5, 5.41) is 13.4. The number of hydrogen-bond acceptors (Lipinski definition) is 4. The first-order valence-corrected chi connectivity index (χ1v) is 6.11. The number of carbonyl (C=O) groups excluding carboxylic acids is 1. The summed E-state index contributed by atoms with van der Waals surface area (Å²) in [5.41, 5.74) is 0.845. The number of nitro groups is 1. The van der Waals surface area contributed by atoms with Crippen LogP contribution in [0.15, 0.2) is 41.3 Å². The van der Waals surface area contributed by atoms with E-state index in [0.29, 0.717) is 16.8 Å². The number of nitrogens with zero attached hydrogens (tertiary/aromatic N) is 2. The maximum absolute atomic E-state index is 12.0. The molecule has 0 bridgehead atoms. The zero-order valence-corrected chi connectivity index (χ0v) is 11.5. The quantitative estimate of drug-likeness (QED) is 0.688. The third-order valence-electron chi connectivity index (χ3n) is 3.01. The van der Waals surface area contributed by atoms with Crippen molar-refractivity contribution in [1.29, 1.82) is 0 Å². The van der Waals surface area contributed by atoms with Gasteiger partial charge in [0, 0.05) is 36.6 Å². The second kappa shape index (κ2) is 5.58. The third kappa shape index (κ3) is 3.14. The number of nitro benzene ring substituents is 1. The number of anilines is 1. The van der Waals surface area contributed by atoms with Gasteiger partial charge in [-0.3, -0.25) is 19.7 Å². The van der Waals surface area contributed by atoms with Crippen LogP contribution >= 0.6 is 0 Å². The van der Waals surface area contributed by atoms with E-state index in [1.54, 1.807) is 19.1 Å². The minimum Gasteiger partial charge on any atom is -0.322 e. The van der Waals surface area contributed by atoms with Crippen molar-refractivity contribution in [2.45, 2.75) is 6.92 Å². The number of pyridine rings is 1. The van der Waals surface area contributed by atoms with Crippen LogP contribution in [0, 0.1) is 17.0 Å². The van der Waals surface area contributed by atoms with Gasteiger partial charge in [0.1, 0.15) is 0 Å². The Balaban J connectivity index is 2.27. The number of aromatic nitrogens is 1. The second-order valence-electron chi connectivity index (χ2n) is 4.58. The van der Waals surface area contributed by atoms with Crippen molar-refractivity contribution in [2.75, 3.05) is 5.32 Å². The predicted molar refractivity (Wildman–Crippen MR) is 77.5 cm³/mol. The highest BCUT2D eigenvalue weighted by atomic mass is 16.6. The molecule has 1 amide bonds. The smallest absolute Gasteiger partial charge is 0.274 e. The number of nitrogens with one attached hydrogen (secondary N) is 1. The molecule has 0 aliphatic heterocycles. The lowest BCUT2D eigenvalue weighted by Gasteiger charge is -2.07. The zero-order chi connectivity index (χ0) is 15.6. The van der Waals surface area contributed by atoms with Crippen molar-refractivity contribution in [3.63, 3.8) is 0 Å². The van der Waals surface area contributed by atoms with Crippen molar-refractivity contribution in [1.82, 2.24) is 4.57 Å². The summed E-state index contributed by atoms with van der Waals surface area (Å²) in [5.74, 6) is -0.441. The van der Waals surface area contributed by atoms with E-state index in [0.717, 1.165) is 0 Å². The van der Waals surface area contributed by atoms with Crippen molar-refractivity contribution < 1.29 is 9.72 Å². The first-order chi connectivity index (χ1) is 9.88. The highest BCUT2D eigenvalue weighted by Crippen LogP contribution is 2.22. The van der Waals surface area contributed by atoms with E-state index in [2.05, 4.69) is 5.32 Å². The minimum absolute atomic E-state index is 0.0618. The Morgan fingerprint density at radius 3 is 2.62 bits per heavy atom. The van der Waals surface area contributed by atoms with Crippen molar-refractivity contribution in [3.05, 3.63) is 68.1 Å². The molecule has 1 N–H and O–H groups in total. The van der Waals surface area contributed by atoms with E-state index in [4.69, 9.17) is 0 Å². The van der Waals surface area contributed by atoms with Crippen molar-refractivity contribution in [2.24, 2.45) is 7.05 Å². The summed E-state index contributed by atoms with van der Waals surface area (Å²) in [6.07, 6.45) is 1.40. The molecule has 0 aliphatic rings. The zero-order valence-electron chi connectivity index (χ0n) is 11.5. The number of carbonyl (C=O) groups is 1. The van der Waals surface area contributed by atoms with Crippen LogP contribution in [0.5, 0.6) is 0 Å². The normalized spacial score (nSPS) is 10.2. The SMILES string of the molecule is Cc1ccc(NC(=O)c2ccc(=O)n(C)c2)cc1[N+](=O)[O-]. The van der Waals surface area contributed by atoms with E-state index in [1.165, 1.54) is 36.0 Å². The predicted octanol–water partition coefficient (Wildman–Crippen LogP) is 1.85. The highest BCUT2D eigenvalue weighted by Gasteiger charge is 2.13. The molecule has 0 unspecified atom stereocenters. The average molecular weight is 287 g/mol. The van der Waals surface area contributed by atoms with Crippen LogP contribution in [0.3, 0.4) is 0 Å². The number of rotatable bonds is 3. The Hall–Kier alpha value is -2.96. The largest absolute Gasteiger partial charge is 0.322 e.